The van der Waals surface area contributed by atoms with Gasteiger partial charge >= 0.3 is 0 Å². The average Bonchev–Trinajstić information content (AvgIpc) is 3.59. The van der Waals surface area contributed by atoms with Crippen molar-refractivity contribution in [2.24, 2.45) is 0 Å². The first-order chi connectivity index (χ1) is 16.5. The van der Waals surface area contributed by atoms with Crippen molar-refractivity contribution < 1.29 is 9.53 Å². The van der Waals surface area contributed by atoms with E-state index in [1.165, 1.54) is 22.7 Å². The number of thiazole rings is 1. The minimum absolute atomic E-state index is 0.105. The molecule has 0 unspecified atom stereocenters. The number of hydrogen-bond acceptors (Lipinski definition) is 10. The van der Waals surface area contributed by atoms with Crippen LogP contribution in [0.5, 0.6) is 5.75 Å². The Morgan fingerprint density at radius 2 is 1.91 bits per heavy atom. The number of rotatable bonds is 5. The zero-order chi connectivity index (χ0) is 23.8. The van der Waals surface area contributed by atoms with Crippen LogP contribution in [0.4, 0.5) is 16.6 Å². The topological polar surface area (TPSA) is 140 Å². The normalized spacial score (nSPS) is 10.8. The molecule has 8 nitrogen and oxygen atoms in total. The van der Waals surface area contributed by atoms with Gasteiger partial charge in [-0.15, -0.1) is 22.7 Å². The lowest BCUT2D eigenvalue weighted by Crippen LogP contribution is -2.11. The van der Waals surface area contributed by atoms with Crippen molar-refractivity contribution in [2.45, 2.75) is 0 Å². The molecule has 168 valence electrons. The smallest absolute Gasteiger partial charge is 0.269 e. The number of anilines is 3. The average molecular weight is 505 g/mol. The van der Waals surface area contributed by atoms with Crippen molar-refractivity contribution in [3.8, 4) is 34.2 Å². The Bertz CT molecular complexity index is 1560. The molecule has 0 aliphatic heterocycles. The zero-order valence-electron chi connectivity index (χ0n) is 17.7. The summed E-state index contributed by atoms with van der Waals surface area (Å²) in [4.78, 5) is 22.8. The maximum atomic E-state index is 13.1. The van der Waals surface area contributed by atoms with Gasteiger partial charge < -0.3 is 16.2 Å². The van der Waals surface area contributed by atoms with Crippen LogP contribution in [0.3, 0.4) is 0 Å². The first-order valence-electron chi connectivity index (χ1n) is 9.85. The van der Waals surface area contributed by atoms with Crippen LogP contribution < -0.4 is 21.5 Å². The third kappa shape index (κ3) is 3.73. The van der Waals surface area contributed by atoms with Gasteiger partial charge in [0.25, 0.3) is 5.91 Å². The van der Waals surface area contributed by atoms with Crippen LogP contribution in [0, 0.1) is 11.3 Å². The molecule has 0 aliphatic carbocycles. The summed E-state index contributed by atoms with van der Waals surface area (Å²) in [6.45, 7) is 0. The van der Waals surface area contributed by atoms with Crippen molar-refractivity contribution >= 4 is 66.8 Å². The maximum absolute atomic E-state index is 13.1. The number of benzene rings is 1. The lowest BCUT2D eigenvalue weighted by molar-refractivity contribution is 0.103. The molecule has 0 aliphatic rings. The Labute approximate surface area is 206 Å². The Balaban J connectivity index is 1.50. The van der Waals surface area contributed by atoms with Crippen LogP contribution in [0.2, 0.25) is 0 Å². The van der Waals surface area contributed by atoms with E-state index < -0.39 is 5.91 Å². The molecule has 34 heavy (non-hydrogen) atoms. The van der Waals surface area contributed by atoms with E-state index in [2.05, 4.69) is 21.4 Å². The standard InChI is InChI=1S/C23H16N6O2S3/c1-31-13-4-2-11(3-5-13)15-10-33-23(27-15)29-21(30)19-18(25)17-16(12-6-7-32-9-12)14(8-24)20(26)28-22(17)34-19/h2-7,9-10H,25H2,1H3,(H2,26,28)(H,27,29,30). The molecule has 0 bridgehead atoms. The summed E-state index contributed by atoms with van der Waals surface area (Å²) in [6.07, 6.45) is 0. The second-order valence-electron chi connectivity index (χ2n) is 7.12. The number of ether oxygens (including phenoxy) is 1. The molecule has 5 N–H and O–H groups in total. The number of nitrogens with zero attached hydrogens (tertiary/aromatic N) is 3. The van der Waals surface area contributed by atoms with Gasteiger partial charge in [0.15, 0.2) is 5.13 Å². The lowest BCUT2D eigenvalue weighted by Gasteiger charge is -2.07. The summed E-state index contributed by atoms with van der Waals surface area (Å²) >= 11 is 3.93. The van der Waals surface area contributed by atoms with Crippen LogP contribution >= 0.6 is 34.0 Å². The maximum Gasteiger partial charge on any atom is 0.269 e. The summed E-state index contributed by atoms with van der Waals surface area (Å²) in [5.41, 5.74) is 16.0. The fourth-order valence-electron chi connectivity index (χ4n) is 3.53. The molecular weight excluding hydrogens is 488 g/mol. The number of methoxy groups -OCH3 is 1. The van der Waals surface area contributed by atoms with Crippen LogP contribution in [0.15, 0.2) is 46.5 Å². The SMILES string of the molecule is COc1ccc(-c2csc(NC(=O)c3sc4nc(N)c(C#N)c(-c5ccsc5)c4c3N)n2)cc1. The Morgan fingerprint density at radius 3 is 2.59 bits per heavy atom. The number of thiophene rings is 2. The van der Waals surface area contributed by atoms with Crippen LogP contribution in [0.25, 0.3) is 32.6 Å². The molecule has 0 saturated heterocycles. The van der Waals surface area contributed by atoms with Gasteiger partial charge in [0.1, 0.15) is 32.9 Å². The molecule has 0 saturated carbocycles. The van der Waals surface area contributed by atoms with Crippen molar-refractivity contribution in [1.29, 1.82) is 5.26 Å². The highest BCUT2D eigenvalue weighted by molar-refractivity contribution is 7.21. The highest BCUT2D eigenvalue weighted by Crippen LogP contribution is 2.43. The van der Waals surface area contributed by atoms with Crippen LogP contribution in [0.1, 0.15) is 15.2 Å². The van der Waals surface area contributed by atoms with E-state index in [0.29, 0.717) is 20.9 Å². The molecule has 1 amide bonds. The molecule has 4 heterocycles. The zero-order valence-corrected chi connectivity index (χ0v) is 20.1. The monoisotopic (exact) mass is 504 g/mol. The largest absolute Gasteiger partial charge is 0.497 e. The quantitative estimate of drug-likeness (QED) is 0.289. The fourth-order valence-corrected chi connectivity index (χ4v) is 5.90. The Kier molecular flexibility index (Phi) is 5.62. The van der Waals surface area contributed by atoms with Crippen molar-refractivity contribution in [1.82, 2.24) is 9.97 Å². The Hall–Kier alpha value is -3.98. The minimum Gasteiger partial charge on any atom is -0.497 e. The molecule has 11 heteroatoms. The van der Waals surface area contributed by atoms with Crippen LogP contribution in [-0.2, 0) is 0 Å². The van der Waals surface area contributed by atoms with Crippen molar-refractivity contribution in [3.63, 3.8) is 0 Å². The van der Waals surface area contributed by atoms with E-state index in [-0.39, 0.29) is 21.9 Å². The second-order valence-corrected chi connectivity index (χ2v) is 9.75. The molecule has 0 radical (unpaired) electrons. The number of hydrogen-bond donors (Lipinski definition) is 3. The van der Waals surface area contributed by atoms with Crippen molar-refractivity contribution in [2.75, 3.05) is 23.9 Å². The molecular formula is C23H16N6O2S3. The third-order valence-electron chi connectivity index (χ3n) is 5.14. The van der Waals surface area contributed by atoms with Gasteiger partial charge in [0.2, 0.25) is 0 Å². The number of aromatic nitrogens is 2. The summed E-state index contributed by atoms with van der Waals surface area (Å²) in [7, 11) is 1.61. The third-order valence-corrected chi connectivity index (χ3v) is 7.68. The number of nitriles is 1. The number of pyridine rings is 1. The van der Waals surface area contributed by atoms with Gasteiger partial charge in [-0.3, -0.25) is 10.1 Å². The number of amides is 1. The number of fused-ring (bicyclic) bond motifs is 1. The summed E-state index contributed by atoms with van der Waals surface area (Å²) < 4.78 is 5.19. The van der Waals surface area contributed by atoms with E-state index >= 15 is 0 Å². The first-order valence-corrected chi connectivity index (χ1v) is 12.5. The molecule has 0 spiro atoms. The number of carbonyl (C=O) groups excluding carboxylic acids is 1. The van der Waals surface area contributed by atoms with E-state index in [4.69, 9.17) is 16.2 Å². The fraction of sp³-hybridized carbons (Fsp3) is 0.0435. The second kappa shape index (κ2) is 8.75. The van der Waals surface area contributed by atoms with Crippen LogP contribution in [-0.4, -0.2) is 23.0 Å². The molecule has 1 aromatic carbocycles. The van der Waals surface area contributed by atoms with Gasteiger partial charge in [-0.25, -0.2) is 9.97 Å². The van der Waals surface area contributed by atoms with E-state index in [1.54, 1.807) is 7.11 Å². The summed E-state index contributed by atoms with van der Waals surface area (Å²) in [5, 5.41) is 19.2. The van der Waals surface area contributed by atoms with E-state index in [1.807, 2.05) is 46.5 Å². The highest BCUT2D eigenvalue weighted by Gasteiger charge is 2.25. The predicted octanol–water partition coefficient (Wildman–Crippen LogP) is 5.45. The molecule has 0 atom stereocenters. The van der Waals surface area contributed by atoms with Gasteiger partial charge in [0, 0.05) is 21.9 Å². The number of nitrogens with two attached hydrogens (primary N) is 2. The lowest BCUT2D eigenvalue weighted by atomic mass is 9.99. The van der Waals surface area contributed by atoms with Gasteiger partial charge in [0.05, 0.1) is 18.5 Å². The van der Waals surface area contributed by atoms with E-state index in [9.17, 15) is 10.1 Å². The highest BCUT2D eigenvalue weighted by atomic mass is 32.1. The Morgan fingerprint density at radius 1 is 1.12 bits per heavy atom. The van der Waals surface area contributed by atoms with E-state index in [0.717, 1.165) is 33.9 Å². The summed E-state index contributed by atoms with van der Waals surface area (Å²) in [6, 6.07) is 11.5. The summed E-state index contributed by atoms with van der Waals surface area (Å²) in [5.74, 6) is 0.460. The van der Waals surface area contributed by atoms with Gasteiger partial charge in [-0.1, -0.05) is 0 Å². The number of nitrogen functional groups attached to an aromatic ring is 2. The molecule has 5 rings (SSSR count). The first kappa shape index (κ1) is 21.8. The molecule has 0 fully saturated rings. The number of nitrogens with one attached hydrogen (secondary N) is 1. The number of carbonyl (C=O) groups is 1. The molecule has 4 aromatic heterocycles. The van der Waals surface area contributed by atoms with Gasteiger partial charge in [-0.2, -0.15) is 16.6 Å². The molecule has 5 aromatic rings. The van der Waals surface area contributed by atoms with Gasteiger partial charge in [-0.05, 0) is 46.7 Å². The van der Waals surface area contributed by atoms with Crippen molar-refractivity contribution in [3.05, 3.63) is 56.9 Å². The minimum atomic E-state index is -0.399. The predicted molar refractivity (Wildman–Crippen MR) is 139 cm³/mol.